The van der Waals surface area contributed by atoms with Crippen LogP contribution in [0.2, 0.25) is 0 Å². The molecule has 29 heavy (non-hydrogen) atoms. The van der Waals surface area contributed by atoms with Gasteiger partial charge in [0.1, 0.15) is 5.75 Å². The van der Waals surface area contributed by atoms with Gasteiger partial charge in [0.25, 0.3) is 0 Å². The lowest BCUT2D eigenvalue weighted by molar-refractivity contribution is -0.138. The van der Waals surface area contributed by atoms with Crippen LogP contribution in [0.5, 0.6) is 5.75 Å². The first-order chi connectivity index (χ1) is 13.9. The van der Waals surface area contributed by atoms with Crippen LogP contribution in [-0.4, -0.2) is 48.9 Å². The summed E-state index contributed by atoms with van der Waals surface area (Å²) in [7, 11) is 1.57. The Morgan fingerprint density at radius 3 is 2.24 bits per heavy atom. The molecule has 0 heterocycles. The first-order valence-corrected chi connectivity index (χ1v) is 10.4. The van der Waals surface area contributed by atoms with Crippen LogP contribution in [-0.2, 0) is 14.4 Å². The molecule has 1 aromatic carbocycles. The van der Waals surface area contributed by atoms with Gasteiger partial charge in [-0.25, -0.2) is 0 Å². The average molecular weight is 406 g/mol. The predicted octanol–water partition coefficient (Wildman–Crippen LogP) is 3.35. The van der Waals surface area contributed by atoms with Crippen molar-refractivity contribution in [2.45, 2.75) is 65.3 Å². The molecule has 1 rings (SSSR count). The number of rotatable bonds is 13. The first kappa shape index (κ1) is 24.5. The van der Waals surface area contributed by atoms with E-state index in [2.05, 4.69) is 17.6 Å². The van der Waals surface area contributed by atoms with E-state index in [1.54, 1.807) is 36.3 Å². The highest BCUT2D eigenvalue weighted by molar-refractivity contribution is 5.95. The summed E-state index contributed by atoms with van der Waals surface area (Å²) in [5.74, 6) is -0.000722. The molecule has 0 atom stereocenters. The molecule has 2 N–H and O–H groups in total. The second-order valence-electron chi connectivity index (χ2n) is 7.33. The number of hydrogen-bond acceptors (Lipinski definition) is 4. The molecule has 0 aliphatic rings. The minimum absolute atomic E-state index is 0.0191. The van der Waals surface area contributed by atoms with E-state index in [9.17, 15) is 14.4 Å². The molecule has 7 heteroatoms. The van der Waals surface area contributed by atoms with Crippen LogP contribution in [0.15, 0.2) is 24.3 Å². The van der Waals surface area contributed by atoms with Gasteiger partial charge in [-0.1, -0.05) is 32.6 Å². The summed E-state index contributed by atoms with van der Waals surface area (Å²) < 4.78 is 5.07. The lowest BCUT2D eigenvalue weighted by Gasteiger charge is -2.26. The van der Waals surface area contributed by atoms with Crippen molar-refractivity contribution < 1.29 is 19.1 Å². The van der Waals surface area contributed by atoms with Crippen LogP contribution in [0.1, 0.15) is 59.3 Å². The van der Waals surface area contributed by atoms with Gasteiger partial charge in [-0.3, -0.25) is 14.4 Å². The number of nitrogens with zero attached hydrogens (tertiary/aromatic N) is 1. The summed E-state index contributed by atoms with van der Waals surface area (Å²) >= 11 is 0. The van der Waals surface area contributed by atoms with Gasteiger partial charge in [0.15, 0.2) is 0 Å². The maximum absolute atomic E-state index is 12.4. The van der Waals surface area contributed by atoms with E-state index in [0.717, 1.165) is 25.7 Å². The van der Waals surface area contributed by atoms with Crippen molar-refractivity contribution >= 4 is 23.4 Å². The maximum Gasteiger partial charge on any atom is 0.243 e. The molecule has 0 radical (unpaired) electrons. The molecule has 0 saturated heterocycles. The van der Waals surface area contributed by atoms with E-state index in [0.29, 0.717) is 17.9 Å². The van der Waals surface area contributed by atoms with Crippen molar-refractivity contribution in [1.29, 1.82) is 0 Å². The molecule has 0 bridgehead atoms. The molecule has 0 fully saturated rings. The highest BCUT2D eigenvalue weighted by atomic mass is 16.5. The van der Waals surface area contributed by atoms with E-state index in [1.165, 1.54) is 6.42 Å². The summed E-state index contributed by atoms with van der Waals surface area (Å²) in [6, 6.07) is 6.85. The zero-order valence-corrected chi connectivity index (χ0v) is 18.1. The molecule has 0 aliphatic carbocycles. The fourth-order valence-electron chi connectivity index (χ4n) is 2.85. The van der Waals surface area contributed by atoms with E-state index in [-0.39, 0.29) is 36.9 Å². The zero-order valence-electron chi connectivity index (χ0n) is 18.1. The number of carbonyl (C=O) groups excluding carboxylic acids is 3. The van der Waals surface area contributed by atoms with Gasteiger partial charge >= 0.3 is 0 Å². The number of benzene rings is 1. The number of hydrogen-bond donors (Lipinski definition) is 2. The summed E-state index contributed by atoms with van der Waals surface area (Å²) in [6.07, 6.45) is 5.81. The molecule has 0 unspecified atom stereocenters. The fourth-order valence-corrected chi connectivity index (χ4v) is 2.85. The van der Waals surface area contributed by atoms with Crippen molar-refractivity contribution in [2.24, 2.45) is 0 Å². The Balaban J connectivity index is 2.39. The van der Waals surface area contributed by atoms with E-state index in [4.69, 9.17) is 4.74 Å². The average Bonchev–Trinajstić information content (AvgIpc) is 2.70. The monoisotopic (exact) mass is 405 g/mol. The smallest absolute Gasteiger partial charge is 0.243 e. The van der Waals surface area contributed by atoms with Crippen molar-refractivity contribution in [2.75, 3.05) is 25.5 Å². The number of carbonyl (C=O) groups is 3. The Hall–Kier alpha value is -2.57. The molecule has 0 aliphatic heterocycles. The Labute approximate surface area is 174 Å². The molecule has 0 spiro atoms. The number of anilines is 1. The largest absolute Gasteiger partial charge is 0.497 e. The standard InChI is InChI=1S/C22H35N3O4/c1-5-6-7-8-9-10-22(28)25(17(2)3)16-21(27)23-15-20(26)24-18-11-13-19(29-4)14-12-18/h11-14,17H,5-10,15-16H2,1-4H3,(H,23,27)(H,24,26). The quantitative estimate of drug-likeness (QED) is 0.493. The zero-order chi connectivity index (χ0) is 21.6. The molecular weight excluding hydrogens is 370 g/mol. The van der Waals surface area contributed by atoms with Gasteiger partial charge in [0, 0.05) is 18.2 Å². The third-order valence-corrected chi connectivity index (χ3v) is 4.57. The van der Waals surface area contributed by atoms with Crippen molar-refractivity contribution in [3.63, 3.8) is 0 Å². The molecular formula is C22H35N3O4. The normalized spacial score (nSPS) is 10.5. The van der Waals surface area contributed by atoms with E-state index >= 15 is 0 Å². The van der Waals surface area contributed by atoms with E-state index in [1.807, 2.05) is 13.8 Å². The van der Waals surface area contributed by atoms with Crippen molar-refractivity contribution in [1.82, 2.24) is 10.2 Å². The molecule has 0 aromatic heterocycles. The van der Waals surface area contributed by atoms with Crippen LogP contribution in [0.3, 0.4) is 0 Å². The van der Waals surface area contributed by atoms with Gasteiger partial charge in [-0.15, -0.1) is 0 Å². The van der Waals surface area contributed by atoms with Crippen molar-refractivity contribution in [3.05, 3.63) is 24.3 Å². The van der Waals surface area contributed by atoms with Gasteiger partial charge in [0.05, 0.1) is 20.2 Å². The Kier molecular flexibility index (Phi) is 11.5. The number of amides is 3. The summed E-state index contributed by atoms with van der Waals surface area (Å²) in [5, 5.41) is 5.28. The fraction of sp³-hybridized carbons (Fsp3) is 0.591. The molecule has 0 saturated carbocycles. The Bertz CT molecular complexity index is 644. The molecule has 7 nitrogen and oxygen atoms in total. The highest BCUT2D eigenvalue weighted by Gasteiger charge is 2.20. The predicted molar refractivity (Wildman–Crippen MR) is 115 cm³/mol. The van der Waals surface area contributed by atoms with Gasteiger partial charge in [-0.05, 0) is 44.5 Å². The summed E-state index contributed by atoms with van der Waals surface area (Å²) in [4.78, 5) is 38.2. The lowest BCUT2D eigenvalue weighted by Crippen LogP contribution is -2.45. The van der Waals surface area contributed by atoms with Gasteiger partial charge in [0.2, 0.25) is 17.7 Å². The van der Waals surface area contributed by atoms with Gasteiger partial charge in [-0.2, -0.15) is 0 Å². The van der Waals surface area contributed by atoms with E-state index < -0.39 is 0 Å². The minimum atomic E-state index is -0.345. The maximum atomic E-state index is 12.4. The van der Waals surface area contributed by atoms with Gasteiger partial charge < -0.3 is 20.3 Å². The van der Waals surface area contributed by atoms with Crippen molar-refractivity contribution in [3.8, 4) is 5.75 Å². The van der Waals surface area contributed by atoms with Crippen LogP contribution in [0.25, 0.3) is 0 Å². The third kappa shape index (κ3) is 9.96. The minimum Gasteiger partial charge on any atom is -0.497 e. The first-order valence-electron chi connectivity index (χ1n) is 10.4. The second-order valence-corrected chi connectivity index (χ2v) is 7.33. The Morgan fingerprint density at radius 1 is 1.00 bits per heavy atom. The number of nitrogens with one attached hydrogen (secondary N) is 2. The molecule has 3 amide bonds. The highest BCUT2D eigenvalue weighted by Crippen LogP contribution is 2.14. The number of ether oxygens (including phenoxy) is 1. The Morgan fingerprint density at radius 2 is 1.66 bits per heavy atom. The summed E-state index contributed by atoms with van der Waals surface area (Å²) in [6.45, 7) is 5.74. The topological polar surface area (TPSA) is 87.7 Å². The third-order valence-electron chi connectivity index (χ3n) is 4.57. The lowest BCUT2D eigenvalue weighted by atomic mass is 10.1. The van der Waals surface area contributed by atoms with Crippen LogP contribution in [0.4, 0.5) is 5.69 Å². The summed E-state index contributed by atoms with van der Waals surface area (Å²) in [5.41, 5.74) is 0.618. The SMILES string of the molecule is CCCCCCCC(=O)N(CC(=O)NCC(=O)Nc1ccc(OC)cc1)C(C)C. The molecule has 1 aromatic rings. The van der Waals surface area contributed by atoms with Crippen LogP contribution in [0, 0.1) is 0 Å². The van der Waals surface area contributed by atoms with Crippen LogP contribution >= 0.6 is 0 Å². The number of unbranched alkanes of at least 4 members (excludes halogenated alkanes) is 4. The second kappa shape index (κ2) is 13.6. The number of methoxy groups -OCH3 is 1. The molecule has 162 valence electrons. The van der Waals surface area contributed by atoms with Crippen LogP contribution < -0.4 is 15.4 Å².